The summed E-state index contributed by atoms with van der Waals surface area (Å²) in [4.78, 5) is 27.1. The van der Waals surface area contributed by atoms with Crippen LogP contribution in [0.5, 0.6) is 0 Å². The van der Waals surface area contributed by atoms with Crippen molar-refractivity contribution in [2.24, 2.45) is 0 Å². The van der Waals surface area contributed by atoms with Gasteiger partial charge in [0.15, 0.2) is 0 Å². The number of hydrogen-bond acceptors (Lipinski definition) is 2. The van der Waals surface area contributed by atoms with Crippen LogP contribution in [0.15, 0.2) is 54.6 Å². The fourth-order valence-corrected chi connectivity index (χ4v) is 2.91. The largest absolute Gasteiger partial charge is 0.354 e. The molecular formula is C23H30N2O2. The van der Waals surface area contributed by atoms with Crippen LogP contribution in [0, 0.1) is 6.92 Å². The first-order chi connectivity index (χ1) is 13.0. The molecule has 4 nitrogen and oxygen atoms in total. The molecule has 2 rings (SSSR count). The highest BCUT2D eigenvalue weighted by Gasteiger charge is 2.25. The van der Waals surface area contributed by atoms with Crippen LogP contribution in [0.25, 0.3) is 0 Å². The van der Waals surface area contributed by atoms with Crippen molar-refractivity contribution >= 4 is 11.8 Å². The third-order valence-electron chi connectivity index (χ3n) is 4.66. The summed E-state index contributed by atoms with van der Waals surface area (Å²) in [5.74, 6) is -0.101. The number of rotatable bonds is 9. The second kappa shape index (κ2) is 10.5. The first kappa shape index (κ1) is 20.7. The minimum absolute atomic E-state index is 0.00132. The highest BCUT2D eigenvalue weighted by Crippen LogP contribution is 2.13. The van der Waals surface area contributed by atoms with Crippen LogP contribution in [-0.2, 0) is 22.6 Å². The van der Waals surface area contributed by atoms with Crippen molar-refractivity contribution in [2.75, 3.05) is 6.54 Å². The van der Waals surface area contributed by atoms with Gasteiger partial charge in [-0.25, -0.2) is 0 Å². The lowest BCUT2D eigenvalue weighted by atomic mass is 10.1. The minimum atomic E-state index is -0.499. The molecule has 0 heterocycles. The molecule has 27 heavy (non-hydrogen) atoms. The SMILES string of the molecule is CCCNC(=O)C(C)N(Cc1ccc(C)cc1)C(=O)CCc1ccccc1. The van der Waals surface area contributed by atoms with Gasteiger partial charge in [-0.15, -0.1) is 0 Å². The molecule has 1 unspecified atom stereocenters. The Kier molecular flexibility index (Phi) is 8.05. The van der Waals surface area contributed by atoms with Gasteiger partial charge in [-0.05, 0) is 37.8 Å². The Morgan fingerprint density at radius 1 is 1.00 bits per heavy atom. The molecule has 2 aromatic carbocycles. The molecule has 0 spiro atoms. The van der Waals surface area contributed by atoms with Crippen molar-refractivity contribution in [1.29, 1.82) is 0 Å². The van der Waals surface area contributed by atoms with Crippen molar-refractivity contribution in [1.82, 2.24) is 10.2 Å². The Morgan fingerprint density at radius 2 is 1.67 bits per heavy atom. The highest BCUT2D eigenvalue weighted by atomic mass is 16.2. The van der Waals surface area contributed by atoms with Crippen LogP contribution >= 0.6 is 0 Å². The van der Waals surface area contributed by atoms with Crippen molar-refractivity contribution in [2.45, 2.75) is 52.6 Å². The third kappa shape index (κ3) is 6.55. The molecule has 1 atom stereocenters. The van der Waals surface area contributed by atoms with E-state index < -0.39 is 6.04 Å². The van der Waals surface area contributed by atoms with Gasteiger partial charge in [-0.2, -0.15) is 0 Å². The Hall–Kier alpha value is -2.62. The van der Waals surface area contributed by atoms with E-state index in [0.29, 0.717) is 25.9 Å². The van der Waals surface area contributed by atoms with Gasteiger partial charge in [0.2, 0.25) is 11.8 Å². The number of amides is 2. The number of aryl methyl sites for hydroxylation is 2. The lowest BCUT2D eigenvalue weighted by Crippen LogP contribution is -2.47. The van der Waals surface area contributed by atoms with E-state index in [4.69, 9.17) is 0 Å². The van der Waals surface area contributed by atoms with Gasteiger partial charge in [0, 0.05) is 19.5 Å². The Bertz CT molecular complexity index is 726. The number of nitrogens with zero attached hydrogens (tertiary/aromatic N) is 1. The molecule has 4 heteroatoms. The van der Waals surface area contributed by atoms with E-state index in [1.807, 2.05) is 68.4 Å². The number of nitrogens with one attached hydrogen (secondary N) is 1. The Balaban J connectivity index is 2.10. The molecule has 0 aromatic heterocycles. The average Bonchev–Trinajstić information content (AvgIpc) is 2.70. The molecule has 2 aromatic rings. The average molecular weight is 367 g/mol. The Morgan fingerprint density at radius 3 is 2.30 bits per heavy atom. The molecule has 0 aliphatic carbocycles. The number of carbonyl (C=O) groups excluding carboxylic acids is 2. The molecule has 0 saturated heterocycles. The number of carbonyl (C=O) groups is 2. The van der Waals surface area contributed by atoms with Gasteiger partial charge < -0.3 is 10.2 Å². The maximum atomic E-state index is 13.0. The minimum Gasteiger partial charge on any atom is -0.354 e. The summed E-state index contributed by atoms with van der Waals surface area (Å²) in [6.45, 7) is 6.92. The summed E-state index contributed by atoms with van der Waals surface area (Å²) in [6, 6.07) is 17.6. The van der Waals surface area contributed by atoms with E-state index in [0.717, 1.165) is 17.5 Å². The number of benzene rings is 2. The first-order valence-corrected chi connectivity index (χ1v) is 9.68. The van der Waals surface area contributed by atoms with Crippen LogP contribution in [-0.4, -0.2) is 29.3 Å². The van der Waals surface area contributed by atoms with E-state index in [-0.39, 0.29) is 11.8 Å². The van der Waals surface area contributed by atoms with E-state index in [2.05, 4.69) is 5.32 Å². The molecule has 0 bridgehead atoms. The van der Waals surface area contributed by atoms with Gasteiger partial charge in [-0.1, -0.05) is 67.1 Å². The predicted molar refractivity (Wildman–Crippen MR) is 109 cm³/mol. The fraction of sp³-hybridized carbons (Fsp3) is 0.391. The van der Waals surface area contributed by atoms with Crippen molar-refractivity contribution in [3.8, 4) is 0 Å². The summed E-state index contributed by atoms with van der Waals surface area (Å²) in [5, 5.41) is 2.90. The zero-order valence-corrected chi connectivity index (χ0v) is 16.6. The van der Waals surface area contributed by atoms with Crippen molar-refractivity contribution in [3.05, 3.63) is 71.3 Å². The highest BCUT2D eigenvalue weighted by molar-refractivity contribution is 5.87. The predicted octanol–water partition coefficient (Wildman–Crippen LogP) is 3.87. The summed E-state index contributed by atoms with van der Waals surface area (Å²) in [7, 11) is 0. The lowest BCUT2D eigenvalue weighted by Gasteiger charge is -2.29. The second-order valence-corrected chi connectivity index (χ2v) is 6.96. The third-order valence-corrected chi connectivity index (χ3v) is 4.66. The van der Waals surface area contributed by atoms with Crippen LogP contribution < -0.4 is 5.32 Å². The van der Waals surface area contributed by atoms with Crippen LogP contribution in [0.4, 0.5) is 0 Å². The van der Waals surface area contributed by atoms with E-state index in [9.17, 15) is 9.59 Å². The monoisotopic (exact) mass is 366 g/mol. The molecule has 0 radical (unpaired) electrons. The number of hydrogen-bond donors (Lipinski definition) is 1. The molecule has 2 amide bonds. The summed E-state index contributed by atoms with van der Waals surface area (Å²) in [5.41, 5.74) is 3.34. The smallest absolute Gasteiger partial charge is 0.242 e. The van der Waals surface area contributed by atoms with E-state index in [1.54, 1.807) is 11.8 Å². The lowest BCUT2D eigenvalue weighted by molar-refractivity contribution is -0.140. The standard InChI is InChI=1S/C23H30N2O2/c1-4-16-24-23(27)19(3)25(17-21-12-10-18(2)11-13-21)22(26)15-14-20-8-6-5-7-9-20/h5-13,19H,4,14-17H2,1-3H3,(H,24,27). The fourth-order valence-electron chi connectivity index (χ4n) is 2.91. The van der Waals surface area contributed by atoms with Gasteiger partial charge in [0.25, 0.3) is 0 Å². The molecular weight excluding hydrogens is 336 g/mol. The normalized spacial score (nSPS) is 11.7. The van der Waals surface area contributed by atoms with Gasteiger partial charge in [-0.3, -0.25) is 9.59 Å². The molecule has 0 fully saturated rings. The Labute approximate surface area is 162 Å². The molecule has 144 valence electrons. The van der Waals surface area contributed by atoms with Crippen LogP contribution in [0.1, 0.15) is 43.4 Å². The quantitative estimate of drug-likeness (QED) is 0.732. The molecule has 1 N–H and O–H groups in total. The van der Waals surface area contributed by atoms with Crippen molar-refractivity contribution in [3.63, 3.8) is 0 Å². The zero-order chi connectivity index (χ0) is 19.6. The van der Waals surface area contributed by atoms with E-state index in [1.165, 1.54) is 5.56 Å². The maximum absolute atomic E-state index is 13.0. The maximum Gasteiger partial charge on any atom is 0.242 e. The molecule has 0 aliphatic rings. The van der Waals surface area contributed by atoms with E-state index >= 15 is 0 Å². The summed E-state index contributed by atoms with van der Waals surface area (Å²) < 4.78 is 0. The second-order valence-electron chi connectivity index (χ2n) is 6.96. The molecule has 0 aliphatic heterocycles. The summed E-state index contributed by atoms with van der Waals surface area (Å²) >= 11 is 0. The van der Waals surface area contributed by atoms with Gasteiger partial charge in [0.1, 0.15) is 6.04 Å². The van der Waals surface area contributed by atoms with Crippen LogP contribution in [0.2, 0.25) is 0 Å². The van der Waals surface area contributed by atoms with Crippen LogP contribution in [0.3, 0.4) is 0 Å². The molecule has 0 saturated carbocycles. The summed E-state index contributed by atoms with van der Waals surface area (Å²) in [6.07, 6.45) is 1.94. The zero-order valence-electron chi connectivity index (χ0n) is 16.6. The van der Waals surface area contributed by atoms with Gasteiger partial charge in [0.05, 0.1) is 0 Å². The van der Waals surface area contributed by atoms with Crippen molar-refractivity contribution < 1.29 is 9.59 Å². The van der Waals surface area contributed by atoms with Gasteiger partial charge >= 0.3 is 0 Å². The topological polar surface area (TPSA) is 49.4 Å². The first-order valence-electron chi connectivity index (χ1n) is 9.68.